The number of ether oxygens (including phenoxy) is 1. The number of carboxylic acid groups (broad SMARTS) is 1. The third-order valence-electron chi connectivity index (χ3n) is 3.08. The Kier molecular flexibility index (Phi) is 1.40. The average Bonchev–Trinajstić information content (AvgIpc) is 2.90. The molecule has 0 aliphatic carbocycles. The summed E-state index contributed by atoms with van der Waals surface area (Å²) in [6.07, 6.45) is 0. The second-order valence-electron chi connectivity index (χ2n) is 4.36. The summed E-state index contributed by atoms with van der Waals surface area (Å²) < 4.78 is 5.58. The number of nitrogens with zero attached hydrogens (tertiary/aromatic N) is 1. The summed E-state index contributed by atoms with van der Waals surface area (Å²) in [5, 5.41) is 8.89. The number of benzene rings is 1. The highest BCUT2D eigenvalue weighted by atomic mass is 16.5. The summed E-state index contributed by atoms with van der Waals surface area (Å²) in [5.41, 5.74) is 1.31. The molecule has 15 heavy (non-hydrogen) atoms. The zero-order chi connectivity index (χ0) is 10.6. The van der Waals surface area contributed by atoms with Gasteiger partial charge in [0.1, 0.15) is 12.4 Å². The molecule has 4 nitrogen and oxygen atoms in total. The van der Waals surface area contributed by atoms with E-state index in [0.717, 1.165) is 18.0 Å². The Bertz CT molecular complexity index is 457. The molecule has 0 saturated carbocycles. The summed E-state index contributed by atoms with van der Waals surface area (Å²) in [7, 11) is 0. The fourth-order valence-corrected chi connectivity index (χ4v) is 2.02. The molecule has 2 aliphatic heterocycles. The van der Waals surface area contributed by atoms with E-state index in [1.807, 2.05) is 0 Å². The number of anilines is 1. The third-order valence-corrected chi connectivity index (χ3v) is 3.08. The molecule has 1 atom stereocenters. The van der Waals surface area contributed by atoms with E-state index in [-0.39, 0.29) is 5.54 Å². The molecular weight excluding hydrogens is 194 g/mol. The Hall–Kier alpha value is -1.71. The van der Waals surface area contributed by atoms with E-state index in [0.29, 0.717) is 12.2 Å². The van der Waals surface area contributed by atoms with E-state index in [9.17, 15) is 4.79 Å². The van der Waals surface area contributed by atoms with Crippen LogP contribution in [0.25, 0.3) is 0 Å². The molecule has 1 fully saturated rings. The van der Waals surface area contributed by atoms with Gasteiger partial charge < -0.3 is 14.7 Å². The van der Waals surface area contributed by atoms with Gasteiger partial charge >= 0.3 is 5.97 Å². The van der Waals surface area contributed by atoms with Crippen molar-refractivity contribution in [1.29, 1.82) is 0 Å². The number of fused-ring (bicyclic) bond motifs is 3. The first-order valence-electron chi connectivity index (χ1n) is 4.88. The smallest absolute Gasteiger partial charge is 0.335 e. The maximum atomic E-state index is 10.8. The molecular formula is C11H11NO3. The number of carboxylic acids is 1. The summed E-state index contributed by atoms with van der Waals surface area (Å²) in [6.45, 7) is 3.75. The first-order chi connectivity index (χ1) is 7.10. The molecule has 1 unspecified atom stereocenters. The van der Waals surface area contributed by atoms with E-state index in [1.54, 1.807) is 18.2 Å². The van der Waals surface area contributed by atoms with Gasteiger partial charge in [-0.2, -0.15) is 0 Å². The SMILES string of the molecule is CC12COc3ccc(C(=O)O)cc3N1C2. The second-order valence-corrected chi connectivity index (χ2v) is 4.36. The minimum Gasteiger partial charge on any atom is -0.489 e. The lowest BCUT2D eigenvalue weighted by molar-refractivity contribution is 0.0697. The van der Waals surface area contributed by atoms with Crippen LogP contribution in [0.4, 0.5) is 5.69 Å². The van der Waals surface area contributed by atoms with E-state index in [4.69, 9.17) is 9.84 Å². The third kappa shape index (κ3) is 1.11. The molecule has 3 rings (SSSR count). The highest BCUT2D eigenvalue weighted by Gasteiger charge is 2.52. The molecule has 78 valence electrons. The number of aromatic carboxylic acids is 1. The maximum Gasteiger partial charge on any atom is 0.335 e. The van der Waals surface area contributed by atoms with Crippen LogP contribution in [0.1, 0.15) is 17.3 Å². The largest absolute Gasteiger partial charge is 0.489 e. The highest BCUT2D eigenvalue weighted by Crippen LogP contribution is 2.47. The van der Waals surface area contributed by atoms with Gasteiger partial charge in [-0.05, 0) is 25.1 Å². The molecule has 1 aromatic rings. The lowest BCUT2D eigenvalue weighted by Crippen LogP contribution is -2.27. The lowest BCUT2D eigenvalue weighted by Gasteiger charge is -2.23. The van der Waals surface area contributed by atoms with Gasteiger partial charge in [-0.1, -0.05) is 0 Å². The fraction of sp³-hybridized carbons (Fsp3) is 0.364. The highest BCUT2D eigenvalue weighted by molar-refractivity contribution is 5.90. The van der Waals surface area contributed by atoms with Crippen molar-refractivity contribution in [2.45, 2.75) is 12.5 Å². The molecule has 1 N–H and O–H groups in total. The summed E-state index contributed by atoms with van der Waals surface area (Å²) >= 11 is 0. The number of hydrogen-bond acceptors (Lipinski definition) is 3. The first-order valence-corrected chi connectivity index (χ1v) is 4.88. The number of rotatable bonds is 1. The van der Waals surface area contributed by atoms with Crippen LogP contribution >= 0.6 is 0 Å². The zero-order valence-electron chi connectivity index (χ0n) is 8.36. The standard InChI is InChI=1S/C11H11NO3/c1-11-5-12(11)8-4-7(10(13)14)2-3-9(8)15-6-11/h2-4H,5-6H2,1H3,(H,13,14). The van der Waals surface area contributed by atoms with Crippen molar-refractivity contribution in [3.63, 3.8) is 0 Å². The van der Waals surface area contributed by atoms with Crippen molar-refractivity contribution in [3.8, 4) is 5.75 Å². The van der Waals surface area contributed by atoms with Gasteiger partial charge in [0, 0.05) is 6.54 Å². The van der Waals surface area contributed by atoms with E-state index < -0.39 is 5.97 Å². The van der Waals surface area contributed by atoms with E-state index >= 15 is 0 Å². The van der Waals surface area contributed by atoms with Gasteiger partial charge in [0.15, 0.2) is 0 Å². The molecule has 2 aliphatic rings. The van der Waals surface area contributed by atoms with Crippen molar-refractivity contribution in [2.24, 2.45) is 0 Å². The fourth-order valence-electron chi connectivity index (χ4n) is 2.02. The van der Waals surface area contributed by atoms with Crippen LogP contribution in [0.3, 0.4) is 0 Å². The predicted octanol–water partition coefficient (Wildman–Crippen LogP) is 1.36. The van der Waals surface area contributed by atoms with Crippen molar-refractivity contribution >= 4 is 11.7 Å². The monoisotopic (exact) mass is 205 g/mol. The normalized spacial score (nSPS) is 26.3. The summed E-state index contributed by atoms with van der Waals surface area (Å²) in [4.78, 5) is 13.0. The Morgan fingerprint density at radius 2 is 2.40 bits per heavy atom. The molecule has 0 bridgehead atoms. The molecule has 0 spiro atoms. The molecule has 0 radical (unpaired) electrons. The Labute approximate surface area is 87.1 Å². The van der Waals surface area contributed by atoms with Crippen molar-refractivity contribution in [3.05, 3.63) is 23.8 Å². The number of hydrogen-bond donors (Lipinski definition) is 1. The Morgan fingerprint density at radius 1 is 1.60 bits per heavy atom. The minimum absolute atomic E-state index is 0.0874. The second kappa shape index (κ2) is 2.45. The summed E-state index contributed by atoms with van der Waals surface area (Å²) in [5.74, 6) is -0.109. The minimum atomic E-state index is -0.896. The van der Waals surface area contributed by atoms with Crippen LogP contribution in [-0.2, 0) is 0 Å². The average molecular weight is 205 g/mol. The molecule has 4 heteroatoms. The van der Waals surface area contributed by atoms with Crippen LogP contribution in [0.2, 0.25) is 0 Å². The Morgan fingerprint density at radius 3 is 3.13 bits per heavy atom. The van der Waals surface area contributed by atoms with Gasteiger partial charge in [-0.15, -0.1) is 0 Å². The first kappa shape index (κ1) is 8.59. The van der Waals surface area contributed by atoms with E-state index in [2.05, 4.69) is 11.8 Å². The predicted molar refractivity (Wildman–Crippen MR) is 54.6 cm³/mol. The maximum absolute atomic E-state index is 10.8. The summed E-state index contributed by atoms with van der Waals surface area (Å²) in [6, 6.07) is 4.99. The van der Waals surface area contributed by atoms with Gasteiger partial charge in [0.05, 0.1) is 16.8 Å². The quantitative estimate of drug-likeness (QED) is 0.703. The van der Waals surface area contributed by atoms with Gasteiger partial charge in [-0.3, -0.25) is 0 Å². The van der Waals surface area contributed by atoms with Gasteiger partial charge in [0.2, 0.25) is 0 Å². The van der Waals surface area contributed by atoms with Crippen molar-refractivity contribution < 1.29 is 14.6 Å². The molecule has 2 heterocycles. The molecule has 1 aromatic carbocycles. The van der Waals surface area contributed by atoms with Crippen LogP contribution in [0, 0.1) is 0 Å². The van der Waals surface area contributed by atoms with Gasteiger partial charge in [0.25, 0.3) is 0 Å². The number of carbonyl (C=O) groups is 1. The van der Waals surface area contributed by atoms with E-state index in [1.165, 1.54) is 0 Å². The van der Waals surface area contributed by atoms with Crippen LogP contribution in [0.5, 0.6) is 5.75 Å². The van der Waals surface area contributed by atoms with Crippen LogP contribution in [-0.4, -0.2) is 29.8 Å². The van der Waals surface area contributed by atoms with Crippen molar-refractivity contribution in [2.75, 3.05) is 18.1 Å². The van der Waals surface area contributed by atoms with Crippen LogP contribution < -0.4 is 9.64 Å². The van der Waals surface area contributed by atoms with Crippen LogP contribution in [0.15, 0.2) is 18.2 Å². The molecule has 1 saturated heterocycles. The molecule has 0 aromatic heterocycles. The van der Waals surface area contributed by atoms with Crippen molar-refractivity contribution in [1.82, 2.24) is 0 Å². The van der Waals surface area contributed by atoms with Gasteiger partial charge in [-0.25, -0.2) is 4.79 Å². The lowest BCUT2D eigenvalue weighted by atomic mass is 10.1. The topological polar surface area (TPSA) is 49.5 Å². The Balaban J connectivity index is 2.08. The zero-order valence-corrected chi connectivity index (χ0v) is 8.36. The molecule has 0 amide bonds.